The predicted molar refractivity (Wildman–Crippen MR) is 92.1 cm³/mol. The second-order valence-corrected chi connectivity index (χ2v) is 6.29. The fraction of sp³-hybridized carbons (Fsp3) is 0.235. The minimum atomic E-state index is -5.10. The maximum atomic E-state index is 13.0. The van der Waals surface area contributed by atoms with Gasteiger partial charge >= 0.3 is 12.4 Å². The summed E-state index contributed by atoms with van der Waals surface area (Å²) in [4.78, 5) is 32.1. The number of benzene rings is 2. The van der Waals surface area contributed by atoms with Crippen molar-refractivity contribution >= 4 is 17.3 Å². The summed E-state index contributed by atoms with van der Waals surface area (Å²) < 4.78 is 77.9. The van der Waals surface area contributed by atoms with Crippen molar-refractivity contribution in [1.82, 2.24) is 5.32 Å². The standard InChI is InChI=1S/C17H11F6N3O5/c1-8(9-2-11(16(18,19)20)6-12(3-9)17(21,22)23)24-15(27)10-4-13(25(28)29)7-14(5-10)26(30)31/h2-8H,1H3,(H,24,27)/t8-/m0/s1. The minimum absolute atomic E-state index is 0.0814. The molecular formula is C17H11F6N3O5. The predicted octanol–water partition coefficient (Wildman–Crippen LogP) is 5.03. The van der Waals surface area contributed by atoms with Gasteiger partial charge in [-0.25, -0.2) is 0 Å². The molecule has 1 N–H and O–H groups in total. The fourth-order valence-corrected chi connectivity index (χ4v) is 2.53. The van der Waals surface area contributed by atoms with Crippen molar-refractivity contribution in [2.45, 2.75) is 25.3 Å². The Balaban J connectivity index is 2.43. The number of halogens is 6. The second kappa shape index (κ2) is 8.20. The summed E-state index contributed by atoms with van der Waals surface area (Å²) in [6.07, 6.45) is -10.2. The van der Waals surface area contributed by atoms with Gasteiger partial charge in [0, 0.05) is 12.1 Å². The Morgan fingerprint density at radius 2 is 1.26 bits per heavy atom. The fourth-order valence-electron chi connectivity index (χ4n) is 2.53. The maximum Gasteiger partial charge on any atom is 0.416 e. The van der Waals surface area contributed by atoms with Crippen LogP contribution < -0.4 is 5.32 Å². The Morgan fingerprint density at radius 1 is 0.839 bits per heavy atom. The zero-order chi connectivity index (χ0) is 23.7. The molecule has 0 aliphatic heterocycles. The number of amides is 1. The van der Waals surface area contributed by atoms with Crippen LogP contribution in [0.1, 0.15) is 40.0 Å². The van der Waals surface area contributed by atoms with Crippen LogP contribution in [0, 0.1) is 20.2 Å². The molecule has 0 aliphatic carbocycles. The number of alkyl halides is 6. The normalized spacial score (nSPS) is 12.9. The molecule has 0 saturated heterocycles. The lowest BCUT2D eigenvalue weighted by Crippen LogP contribution is -2.27. The number of carbonyl (C=O) groups excluding carboxylic acids is 1. The van der Waals surface area contributed by atoms with Crippen LogP contribution in [0.2, 0.25) is 0 Å². The van der Waals surface area contributed by atoms with E-state index in [4.69, 9.17) is 0 Å². The first-order valence-corrected chi connectivity index (χ1v) is 8.13. The van der Waals surface area contributed by atoms with Crippen LogP contribution in [0.5, 0.6) is 0 Å². The molecule has 2 rings (SSSR count). The highest BCUT2D eigenvalue weighted by atomic mass is 19.4. The van der Waals surface area contributed by atoms with Gasteiger partial charge in [0.1, 0.15) is 0 Å². The number of nitrogens with zero attached hydrogens (tertiary/aromatic N) is 2. The van der Waals surface area contributed by atoms with Gasteiger partial charge in [0.25, 0.3) is 17.3 Å². The first-order chi connectivity index (χ1) is 14.1. The molecule has 0 bridgehead atoms. The van der Waals surface area contributed by atoms with Crippen LogP contribution in [-0.2, 0) is 12.4 Å². The van der Waals surface area contributed by atoms with Crippen LogP contribution in [0.3, 0.4) is 0 Å². The largest absolute Gasteiger partial charge is 0.416 e. The molecule has 8 nitrogen and oxygen atoms in total. The van der Waals surface area contributed by atoms with Crippen LogP contribution >= 0.6 is 0 Å². The van der Waals surface area contributed by atoms with Crippen molar-refractivity contribution in [2.75, 3.05) is 0 Å². The Kier molecular flexibility index (Phi) is 6.23. The molecule has 31 heavy (non-hydrogen) atoms. The van der Waals surface area contributed by atoms with Gasteiger partial charge in [0.15, 0.2) is 0 Å². The first kappa shape index (κ1) is 23.6. The first-order valence-electron chi connectivity index (χ1n) is 8.13. The highest BCUT2D eigenvalue weighted by Crippen LogP contribution is 2.37. The molecule has 2 aromatic rings. The van der Waals surface area contributed by atoms with Gasteiger partial charge < -0.3 is 5.32 Å². The topological polar surface area (TPSA) is 115 Å². The molecule has 0 fully saturated rings. The highest BCUT2D eigenvalue weighted by molar-refractivity contribution is 5.95. The van der Waals surface area contributed by atoms with Gasteiger partial charge in [-0.15, -0.1) is 0 Å². The number of nitro benzene ring substituents is 2. The lowest BCUT2D eigenvalue weighted by molar-refractivity contribution is -0.394. The van der Waals surface area contributed by atoms with Gasteiger partial charge in [-0.2, -0.15) is 26.3 Å². The van der Waals surface area contributed by atoms with E-state index in [1.165, 1.54) is 0 Å². The molecule has 2 aromatic carbocycles. The number of nitrogens with one attached hydrogen (secondary N) is 1. The van der Waals surface area contributed by atoms with E-state index in [2.05, 4.69) is 5.32 Å². The Labute approximate surface area is 168 Å². The maximum absolute atomic E-state index is 13.0. The van der Waals surface area contributed by atoms with E-state index in [1.807, 2.05) is 0 Å². The molecule has 0 radical (unpaired) electrons. The number of hydrogen-bond acceptors (Lipinski definition) is 5. The lowest BCUT2D eigenvalue weighted by Gasteiger charge is -2.19. The van der Waals surface area contributed by atoms with Crippen LogP contribution in [0.4, 0.5) is 37.7 Å². The molecule has 0 spiro atoms. The molecule has 0 aromatic heterocycles. The number of nitro groups is 2. The van der Waals surface area contributed by atoms with E-state index in [0.717, 1.165) is 6.92 Å². The summed E-state index contributed by atoms with van der Waals surface area (Å²) in [5.74, 6) is -1.18. The van der Waals surface area contributed by atoms with Crippen molar-refractivity contribution in [3.8, 4) is 0 Å². The second-order valence-electron chi connectivity index (χ2n) is 6.29. The smallest absolute Gasteiger partial charge is 0.346 e. The zero-order valence-corrected chi connectivity index (χ0v) is 15.2. The molecule has 0 heterocycles. The van der Waals surface area contributed by atoms with Crippen molar-refractivity contribution in [3.05, 3.63) is 78.9 Å². The monoisotopic (exact) mass is 451 g/mol. The summed E-state index contributed by atoms with van der Waals surface area (Å²) in [7, 11) is 0. The summed E-state index contributed by atoms with van der Waals surface area (Å²) in [6, 6.07) is 1.29. The van der Waals surface area contributed by atoms with E-state index in [0.29, 0.717) is 30.3 Å². The van der Waals surface area contributed by atoms with Gasteiger partial charge in [0.05, 0.1) is 38.6 Å². The number of carbonyl (C=O) groups is 1. The Bertz CT molecular complexity index is 987. The van der Waals surface area contributed by atoms with Gasteiger partial charge in [0.2, 0.25) is 0 Å². The van der Waals surface area contributed by atoms with E-state index >= 15 is 0 Å². The summed E-state index contributed by atoms with van der Waals surface area (Å²) in [6.45, 7) is 1.08. The quantitative estimate of drug-likeness (QED) is 0.389. The minimum Gasteiger partial charge on any atom is -0.346 e. The molecule has 1 atom stereocenters. The Hall–Kier alpha value is -3.71. The van der Waals surface area contributed by atoms with Crippen molar-refractivity contribution in [3.63, 3.8) is 0 Å². The van der Waals surface area contributed by atoms with Crippen molar-refractivity contribution in [2.24, 2.45) is 0 Å². The molecule has 1 amide bonds. The van der Waals surface area contributed by atoms with E-state index in [-0.39, 0.29) is 6.07 Å². The van der Waals surface area contributed by atoms with Gasteiger partial charge in [-0.05, 0) is 30.7 Å². The molecule has 166 valence electrons. The van der Waals surface area contributed by atoms with E-state index in [1.54, 1.807) is 0 Å². The third-order valence-corrected chi connectivity index (χ3v) is 4.04. The summed E-state index contributed by atoms with van der Waals surface area (Å²) in [5.41, 5.74) is -5.91. The third-order valence-electron chi connectivity index (χ3n) is 4.04. The van der Waals surface area contributed by atoms with Crippen LogP contribution in [0.15, 0.2) is 36.4 Å². The molecular weight excluding hydrogens is 440 g/mol. The molecule has 14 heteroatoms. The third kappa shape index (κ3) is 5.67. The van der Waals surface area contributed by atoms with Gasteiger partial charge in [-0.1, -0.05) is 0 Å². The summed E-state index contributed by atoms with van der Waals surface area (Å²) in [5, 5.41) is 23.9. The highest BCUT2D eigenvalue weighted by Gasteiger charge is 2.37. The lowest BCUT2D eigenvalue weighted by atomic mass is 10.00. The van der Waals surface area contributed by atoms with E-state index in [9.17, 15) is 51.4 Å². The number of rotatable bonds is 5. The van der Waals surface area contributed by atoms with Crippen LogP contribution in [-0.4, -0.2) is 15.8 Å². The van der Waals surface area contributed by atoms with Gasteiger partial charge in [-0.3, -0.25) is 25.0 Å². The van der Waals surface area contributed by atoms with Crippen molar-refractivity contribution in [1.29, 1.82) is 0 Å². The zero-order valence-electron chi connectivity index (χ0n) is 15.2. The van der Waals surface area contributed by atoms with Crippen molar-refractivity contribution < 1.29 is 41.0 Å². The number of hydrogen-bond donors (Lipinski definition) is 1. The van der Waals surface area contributed by atoms with E-state index < -0.39 is 67.8 Å². The average molecular weight is 451 g/mol. The van der Waals surface area contributed by atoms with Crippen LogP contribution in [0.25, 0.3) is 0 Å². The average Bonchev–Trinajstić information content (AvgIpc) is 2.65. The Morgan fingerprint density at radius 3 is 1.61 bits per heavy atom. The molecule has 0 aliphatic rings. The summed E-state index contributed by atoms with van der Waals surface area (Å²) >= 11 is 0. The number of non-ortho nitro benzene ring substituents is 2. The SMILES string of the molecule is C[C@H](NC(=O)c1cc([N+](=O)[O-])cc([N+](=O)[O-])c1)c1cc(C(F)(F)F)cc(C(F)(F)F)c1. The molecule has 0 unspecified atom stereocenters. The molecule has 0 saturated carbocycles.